The fraction of sp³-hybridized carbons (Fsp3) is 0.208. The van der Waals surface area contributed by atoms with Crippen molar-refractivity contribution in [1.29, 1.82) is 0 Å². The van der Waals surface area contributed by atoms with E-state index in [4.69, 9.17) is 14.2 Å². The summed E-state index contributed by atoms with van der Waals surface area (Å²) in [4.78, 5) is 35.4. The summed E-state index contributed by atoms with van der Waals surface area (Å²) in [6.07, 6.45) is 0. The topological polar surface area (TPSA) is 90.9 Å². The second kappa shape index (κ2) is 9.75. The number of carbonyl (C=O) groups excluding carboxylic acids is 3. The molecule has 0 aromatic heterocycles. The van der Waals surface area contributed by atoms with Gasteiger partial charge in [-0.05, 0) is 59.7 Å². The van der Waals surface area contributed by atoms with Crippen LogP contribution in [-0.4, -0.2) is 31.6 Å². The van der Waals surface area contributed by atoms with Crippen molar-refractivity contribution in [3.63, 3.8) is 0 Å². The van der Waals surface area contributed by atoms with Crippen LogP contribution in [-0.2, 0) is 19.1 Å². The first-order valence-corrected chi connectivity index (χ1v) is 9.68. The lowest BCUT2D eigenvalue weighted by Gasteiger charge is -2.13. The normalized spacial score (nSPS) is 11.5. The van der Waals surface area contributed by atoms with Gasteiger partial charge >= 0.3 is 11.9 Å². The molecule has 0 saturated carbocycles. The molecule has 0 aliphatic heterocycles. The Kier molecular flexibility index (Phi) is 6.87. The van der Waals surface area contributed by atoms with Gasteiger partial charge in [0.05, 0.1) is 13.0 Å². The average molecular weight is 421 g/mol. The van der Waals surface area contributed by atoms with Gasteiger partial charge in [0.2, 0.25) is 5.91 Å². The highest BCUT2D eigenvalue weighted by Gasteiger charge is 2.19. The fourth-order valence-corrected chi connectivity index (χ4v) is 3.00. The Balaban J connectivity index is 1.55. The van der Waals surface area contributed by atoms with Crippen molar-refractivity contribution in [2.24, 2.45) is 0 Å². The van der Waals surface area contributed by atoms with E-state index in [9.17, 15) is 14.4 Å². The summed E-state index contributed by atoms with van der Waals surface area (Å²) in [6.45, 7) is 2.62. The number of hydrogen-bond donors (Lipinski definition) is 1. The van der Waals surface area contributed by atoms with Crippen LogP contribution in [0.15, 0.2) is 60.7 Å². The molecule has 1 atom stereocenters. The quantitative estimate of drug-likeness (QED) is 0.457. The third kappa shape index (κ3) is 5.82. The molecular weight excluding hydrogens is 398 g/mol. The van der Waals surface area contributed by atoms with Crippen molar-refractivity contribution < 1.29 is 28.6 Å². The molecule has 0 saturated heterocycles. The number of esters is 2. The van der Waals surface area contributed by atoms with Crippen molar-refractivity contribution >= 4 is 34.3 Å². The summed E-state index contributed by atoms with van der Waals surface area (Å²) in [6, 6.07) is 17.7. The van der Waals surface area contributed by atoms with Crippen LogP contribution >= 0.6 is 0 Å². The highest BCUT2D eigenvalue weighted by Crippen LogP contribution is 2.26. The number of amides is 1. The number of fused-ring (bicyclic) bond motifs is 1. The summed E-state index contributed by atoms with van der Waals surface area (Å²) in [5.74, 6) is -0.915. The first-order valence-electron chi connectivity index (χ1n) is 9.68. The molecule has 0 unspecified atom stereocenters. The van der Waals surface area contributed by atoms with Gasteiger partial charge in [-0.1, -0.05) is 24.3 Å². The summed E-state index contributed by atoms with van der Waals surface area (Å²) in [5, 5.41) is 4.58. The standard InChI is InChI=1S/C24H23NO6/c1-15(17-4-5-19-13-22(29-3)9-6-18(19)12-17)24(28)30-14-23(27)31-21-10-7-20(8-11-21)25-16(2)26/h4-13,15H,14H2,1-3H3,(H,25,26)/t15-/m0/s1. The number of benzene rings is 3. The Labute approximate surface area is 179 Å². The molecule has 7 heteroatoms. The fourth-order valence-electron chi connectivity index (χ4n) is 3.00. The molecule has 31 heavy (non-hydrogen) atoms. The van der Waals surface area contributed by atoms with Crippen molar-refractivity contribution in [2.75, 3.05) is 19.0 Å². The molecule has 0 spiro atoms. The van der Waals surface area contributed by atoms with Crippen LogP contribution in [0.5, 0.6) is 11.5 Å². The third-order valence-electron chi connectivity index (χ3n) is 4.66. The number of carbonyl (C=O) groups is 3. The largest absolute Gasteiger partial charge is 0.497 e. The minimum absolute atomic E-state index is 0.197. The first kappa shape index (κ1) is 21.8. The molecule has 0 heterocycles. The summed E-state index contributed by atoms with van der Waals surface area (Å²) in [7, 11) is 1.61. The maximum absolute atomic E-state index is 12.4. The summed E-state index contributed by atoms with van der Waals surface area (Å²) < 4.78 is 15.5. The summed E-state index contributed by atoms with van der Waals surface area (Å²) >= 11 is 0. The molecule has 0 aliphatic carbocycles. The average Bonchev–Trinajstić information content (AvgIpc) is 2.77. The number of methoxy groups -OCH3 is 1. The molecule has 0 fully saturated rings. The molecule has 160 valence electrons. The van der Waals surface area contributed by atoms with Crippen LogP contribution in [0.3, 0.4) is 0 Å². The monoisotopic (exact) mass is 421 g/mol. The van der Waals surface area contributed by atoms with Crippen molar-refractivity contribution in [3.8, 4) is 11.5 Å². The van der Waals surface area contributed by atoms with E-state index in [2.05, 4.69) is 5.32 Å². The lowest BCUT2D eigenvalue weighted by molar-refractivity contribution is -0.154. The Hall–Kier alpha value is -3.87. The van der Waals surface area contributed by atoms with E-state index in [1.807, 2.05) is 36.4 Å². The number of anilines is 1. The van der Waals surface area contributed by atoms with Gasteiger partial charge in [0.15, 0.2) is 6.61 Å². The second-order valence-electron chi connectivity index (χ2n) is 6.98. The number of hydrogen-bond acceptors (Lipinski definition) is 6. The zero-order valence-corrected chi connectivity index (χ0v) is 17.5. The maximum Gasteiger partial charge on any atom is 0.349 e. The SMILES string of the molecule is COc1ccc2cc([C@H](C)C(=O)OCC(=O)Oc3ccc(NC(C)=O)cc3)ccc2c1. The number of ether oxygens (including phenoxy) is 3. The highest BCUT2D eigenvalue weighted by atomic mass is 16.6. The molecule has 1 amide bonds. The predicted octanol–water partition coefficient (Wildman–Crippen LogP) is 4.06. The molecule has 3 rings (SSSR count). The lowest BCUT2D eigenvalue weighted by atomic mass is 9.98. The van der Waals surface area contributed by atoms with Gasteiger partial charge in [-0.15, -0.1) is 0 Å². The van der Waals surface area contributed by atoms with Crippen LogP contribution in [0, 0.1) is 0 Å². The molecule has 0 bridgehead atoms. The van der Waals surface area contributed by atoms with Gasteiger partial charge in [0, 0.05) is 12.6 Å². The third-order valence-corrected chi connectivity index (χ3v) is 4.66. The molecule has 3 aromatic rings. The Morgan fingerprint density at radius 2 is 1.55 bits per heavy atom. The van der Waals surface area contributed by atoms with Crippen LogP contribution in [0.4, 0.5) is 5.69 Å². The summed E-state index contributed by atoms with van der Waals surface area (Å²) in [5.41, 5.74) is 1.37. The minimum Gasteiger partial charge on any atom is -0.497 e. The van der Waals surface area contributed by atoms with E-state index >= 15 is 0 Å². The van der Waals surface area contributed by atoms with Gasteiger partial charge in [-0.25, -0.2) is 4.79 Å². The van der Waals surface area contributed by atoms with E-state index in [0.717, 1.165) is 22.1 Å². The molecule has 0 radical (unpaired) electrons. The van der Waals surface area contributed by atoms with Gasteiger partial charge in [0.25, 0.3) is 0 Å². The van der Waals surface area contributed by atoms with Gasteiger partial charge in [-0.3, -0.25) is 9.59 Å². The van der Waals surface area contributed by atoms with E-state index in [0.29, 0.717) is 5.69 Å². The maximum atomic E-state index is 12.4. The highest BCUT2D eigenvalue weighted by molar-refractivity contribution is 5.89. The predicted molar refractivity (Wildman–Crippen MR) is 116 cm³/mol. The van der Waals surface area contributed by atoms with Crippen molar-refractivity contribution in [3.05, 3.63) is 66.2 Å². The molecule has 3 aromatic carbocycles. The zero-order chi connectivity index (χ0) is 22.4. The molecule has 7 nitrogen and oxygen atoms in total. The first-order chi connectivity index (χ1) is 14.9. The van der Waals surface area contributed by atoms with Gasteiger partial charge in [-0.2, -0.15) is 0 Å². The van der Waals surface area contributed by atoms with Crippen molar-refractivity contribution in [2.45, 2.75) is 19.8 Å². The Bertz CT molecular complexity index is 1110. The lowest BCUT2D eigenvalue weighted by Crippen LogP contribution is -2.21. The Morgan fingerprint density at radius 1 is 0.903 bits per heavy atom. The van der Waals surface area contributed by atoms with Crippen molar-refractivity contribution in [1.82, 2.24) is 0 Å². The van der Waals surface area contributed by atoms with Gasteiger partial charge in [0.1, 0.15) is 11.5 Å². The molecule has 1 N–H and O–H groups in total. The number of rotatable bonds is 7. The smallest absolute Gasteiger partial charge is 0.349 e. The van der Waals surface area contributed by atoms with Gasteiger partial charge < -0.3 is 19.5 Å². The molecular formula is C24H23NO6. The minimum atomic E-state index is -0.696. The zero-order valence-electron chi connectivity index (χ0n) is 17.5. The van der Waals surface area contributed by atoms with E-state index in [1.165, 1.54) is 19.1 Å². The molecule has 0 aliphatic rings. The van der Waals surface area contributed by atoms with Crippen LogP contribution in [0.1, 0.15) is 25.3 Å². The van der Waals surface area contributed by atoms with E-state index in [-0.39, 0.29) is 11.7 Å². The van der Waals surface area contributed by atoms with E-state index in [1.54, 1.807) is 26.2 Å². The number of nitrogens with one attached hydrogen (secondary N) is 1. The van der Waals surface area contributed by atoms with Crippen LogP contribution in [0.2, 0.25) is 0 Å². The van der Waals surface area contributed by atoms with Crippen LogP contribution < -0.4 is 14.8 Å². The van der Waals surface area contributed by atoms with E-state index < -0.39 is 24.5 Å². The second-order valence-corrected chi connectivity index (χ2v) is 6.98. The Morgan fingerprint density at radius 3 is 2.23 bits per heavy atom. The van der Waals surface area contributed by atoms with Crippen LogP contribution in [0.25, 0.3) is 10.8 Å².